The lowest BCUT2D eigenvalue weighted by Gasteiger charge is -2.08. The highest BCUT2D eigenvalue weighted by atomic mass is 79.9. The molecule has 8 heteroatoms. The van der Waals surface area contributed by atoms with Crippen LogP contribution < -0.4 is 14.9 Å². The number of thiophene rings is 1. The van der Waals surface area contributed by atoms with Gasteiger partial charge in [-0.25, -0.2) is 5.43 Å². The first-order chi connectivity index (χ1) is 11.0. The van der Waals surface area contributed by atoms with Gasteiger partial charge >= 0.3 is 0 Å². The lowest BCUT2D eigenvalue weighted by molar-refractivity contribution is -0.123. The predicted molar refractivity (Wildman–Crippen MR) is 98.6 cm³/mol. The van der Waals surface area contributed by atoms with E-state index in [1.165, 1.54) is 0 Å². The van der Waals surface area contributed by atoms with Gasteiger partial charge in [0.15, 0.2) is 6.61 Å². The van der Waals surface area contributed by atoms with Gasteiger partial charge in [0, 0.05) is 0 Å². The second-order valence-corrected chi connectivity index (χ2v) is 7.74. The zero-order valence-electron chi connectivity index (χ0n) is 12.4. The van der Waals surface area contributed by atoms with Crippen LogP contribution in [-0.2, 0) is 4.79 Å². The Morgan fingerprint density at radius 1 is 1.30 bits per heavy atom. The number of rotatable bonds is 6. The molecule has 2 rings (SSSR count). The molecule has 0 saturated carbocycles. The Bertz CT molecular complexity index is 731. The molecule has 0 atom stereocenters. The highest BCUT2D eigenvalue weighted by molar-refractivity contribution is 9.11. The van der Waals surface area contributed by atoms with Crippen molar-refractivity contribution in [2.75, 3.05) is 13.7 Å². The number of nitrogens with one attached hydrogen (secondary N) is 1. The van der Waals surface area contributed by atoms with E-state index in [1.54, 1.807) is 36.6 Å². The molecule has 0 aliphatic rings. The molecule has 1 heterocycles. The van der Waals surface area contributed by atoms with Gasteiger partial charge in [0.1, 0.15) is 11.5 Å². The van der Waals surface area contributed by atoms with Gasteiger partial charge < -0.3 is 9.47 Å². The summed E-state index contributed by atoms with van der Waals surface area (Å²) in [6.07, 6.45) is 0. The Kier molecular flexibility index (Phi) is 6.61. The van der Waals surface area contributed by atoms with E-state index in [9.17, 15) is 4.79 Å². The summed E-state index contributed by atoms with van der Waals surface area (Å²) in [5, 5.41) is 4.06. The van der Waals surface area contributed by atoms with Crippen molar-refractivity contribution in [3.05, 3.63) is 43.5 Å². The van der Waals surface area contributed by atoms with Gasteiger partial charge in [-0.15, -0.1) is 11.3 Å². The Balaban J connectivity index is 1.88. The summed E-state index contributed by atoms with van der Waals surface area (Å²) < 4.78 is 12.3. The lowest BCUT2D eigenvalue weighted by atomic mass is 10.3. The predicted octanol–water partition coefficient (Wildman–Crippen LogP) is 4.20. The molecule has 0 aliphatic carbocycles. The number of nitrogens with zero attached hydrogens (tertiary/aromatic N) is 1. The number of carbonyl (C=O) groups is 1. The molecular weight excluding hydrogens is 448 g/mol. The summed E-state index contributed by atoms with van der Waals surface area (Å²) in [5.74, 6) is 0.933. The van der Waals surface area contributed by atoms with Gasteiger partial charge in [-0.3, -0.25) is 4.79 Å². The van der Waals surface area contributed by atoms with Crippen molar-refractivity contribution in [1.29, 1.82) is 0 Å². The minimum absolute atomic E-state index is 0.129. The quantitative estimate of drug-likeness (QED) is 0.518. The fourth-order valence-electron chi connectivity index (χ4n) is 1.61. The molecule has 5 nitrogen and oxygen atoms in total. The van der Waals surface area contributed by atoms with Crippen LogP contribution in [0.1, 0.15) is 11.8 Å². The fraction of sp³-hybridized carbons (Fsp3) is 0.200. The Morgan fingerprint density at radius 2 is 2.09 bits per heavy atom. The Morgan fingerprint density at radius 3 is 2.70 bits per heavy atom. The molecule has 0 bridgehead atoms. The number of ether oxygens (including phenoxy) is 2. The molecule has 23 heavy (non-hydrogen) atoms. The maximum absolute atomic E-state index is 11.8. The van der Waals surface area contributed by atoms with E-state index in [1.807, 2.05) is 19.1 Å². The van der Waals surface area contributed by atoms with E-state index in [0.29, 0.717) is 16.0 Å². The number of amides is 1. The van der Waals surface area contributed by atoms with Gasteiger partial charge in [-0.05, 0) is 69.1 Å². The van der Waals surface area contributed by atoms with Crippen molar-refractivity contribution in [3.63, 3.8) is 0 Å². The molecule has 2 aromatic rings. The third-order valence-corrected chi connectivity index (χ3v) is 5.13. The number of hydrogen-bond donors (Lipinski definition) is 1. The maximum atomic E-state index is 11.8. The third kappa shape index (κ3) is 5.33. The van der Waals surface area contributed by atoms with Crippen LogP contribution in [0.5, 0.6) is 11.5 Å². The number of benzene rings is 1. The van der Waals surface area contributed by atoms with Gasteiger partial charge in [0.2, 0.25) is 0 Å². The Labute approximate surface area is 154 Å². The second-order valence-electron chi connectivity index (χ2n) is 4.42. The molecular formula is C15H14Br2N2O3S. The van der Waals surface area contributed by atoms with Crippen LogP contribution >= 0.6 is 43.2 Å². The van der Waals surface area contributed by atoms with E-state index < -0.39 is 0 Å². The summed E-state index contributed by atoms with van der Waals surface area (Å²) in [7, 11) is 1.59. The summed E-state index contributed by atoms with van der Waals surface area (Å²) in [6, 6.07) is 9.13. The molecule has 122 valence electrons. The molecule has 1 aromatic heterocycles. The minimum atomic E-state index is -0.331. The molecule has 1 aromatic carbocycles. The molecule has 1 N–H and O–H groups in total. The number of halogens is 2. The summed E-state index contributed by atoms with van der Waals surface area (Å²) in [6.45, 7) is 1.70. The van der Waals surface area contributed by atoms with Crippen LogP contribution in [0.25, 0.3) is 0 Å². The van der Waals surface area contributed by atoms with Crippen LogP contribution in [0, 0.1) is 0 Å². The summed E-state index contributed by atoms with van der Waals surface area (Å²) in [5.41, 5.74) is 3.21. The van der Waals surface area contributed by atoms with Gasteiger partial charge in [0.05, 0.1) is 26.0 Å². The lowest BCUT2D eigenvalue weighted by Crippen LogP contribution is -2.25. The van der Waals surface area contributed by atoms with Gasteiger partial charge in [-0.2, -0.15) is 5.10 Å². The molecule has 0 unspecified atom stereocenters. The molecule has 0 aliphatic heterocycles. The zero-order chi connectivity index (χ0) is 16.8. The topological polar surface area (TPSA) is 59.9 Å². The minimum Gasteiger partial charge on any atom is -0.497 e. The van der Waals surface area contributed by atoms with Crippen LogP contribution in [0.3, 0.4) is 0 Å². The van der Waals surface area contributed by atoms with Gasteiger partial charge in [0.25, 0.3) is 5.91 Å². The zero-order valence-corrected chi connectivity index (χ0v) is 16.4. The van der Waals surface area contributed by atoms with E-state index in [-0.39, 0.29) is 12.5 Å². The van der Waals surface area contributed by atoms with Crippen molar-refractivity contribution in [2.45, 2.75) is 6.92 Å². The molecule has 0 fully saturated rings. The first kappa shape index (κ1) is 18.0. The van der Waals surface area contributed by atoms with Crippen LogP contribution in [0.2, 0.25) is 0 Å². The molecule has 0 saturated heterocycles. The number of carbonyl (C=O) groups excluding carboxylic acids is 1. The van der Waals surface area contributed by atoms with Crippen LogP contribution in [0.4, 0.5) is 0 Å². The number of hydrogen-bond acceptors (Lipinski definition) is 5. The summed E-state index contributed by atoms with van der Waals surface area (Å²) in [4.78, 5) is 12.8. The fourth-order valence-corrected chi connectivity index (χ4v) is 3.41. The van der Waals surface area contributed by atoms with Crippen molar-refractivity contribution in [1.82, 2.24) is 5.43 Å². The van der Waals surface area contributed by atoms with E-state index in [2.05, 4.69) is 42.4 Å². The van der Waals surface area contributed by atoms with Crippen molar-refractivity contribution in [2.24, 2.45) is 5.10 Å². The van der Waals surface area contributed by atoms with Crippen LogP contribution in [-0.4, -0.2) is 25.3 Å². The van der Waals surface area contributed by atoms with E-state index in [4.69, 9.17) is 9.47 Å². The number of hydrazone groups is 1. The highest BCUT2D eigenvalue weighted by Gasteiger charge is 2.07. The summed E-state index contributed by atoms with van der Waals surface area (Å²) >= 11 is 8.31. The average molecular weight is 462 g/mol. The van der Waals surface area contributed by atoms with Crippen molar-refractivity contribution >= 4 is 54.8 Å². The first-order valence-electron chi connectivity index (χ1n) is 6.54. The molecule has 0 spiro atoms. The number of methoxy groups -OCH3 is 1. The molecule has 1 amide bonds. The van der Waals surface area contributed by atoms with E-state index >= 15 is 0 Å². The monoisotopic (exact) mass is 460 g/mol. The maximum Gasteiger partial charge on any atom is 0.277 e. The van der Waals surface area contributed by atoms with Crippen LogP contribution in [0.15, 0.2) is 43.7 Å². The largest absolute Gasteiger partial charge is 0.497 e. The van der Waals surface area contributed by atoms with Gasteiger partial charge in [-0.1, -0.05) is 0 Å². The third-order valence-electron chi connectivity index (χ3n) is 2.78. The highest BCUT2D eigenvalue weighted by Crippen LogP contribution is 2.29. The van der Waals surface area contributed by atoms with Crippen molar-refractivity contribution < 1.29 is 14.3 Å². The van der Waals surface area contributed by atoms with E-state index in [0.717, 1.165) is 14.4 Å². The smallest absolute Gasteiger partial charge is 0.277 e. The van der Waals surface area contributed by atoms with Crippen molar-refractivity contribution in [3.8, 4) is 11.5 Å². The standard InChI is InChI=1S/C15H14Br2N2O3S/c1-9(13-5-6-14(17)23-13)18-19-15(20)8-22-12-4-3-10(21-2)7-11(12)16/h3-7H,8H2,1-2H3,(H,19,20). The normalized spacial score (nSPS) is 11.2. The second kappa shape index (κ2) is 8.47. The molecule has 0 radical (unpaired) electrons. The first-order valence-corrected chi connectivity index (χ1v) is 8.95. The SMILES string of the molecule is COc1ccc(OCC(=O)NN=C(C)c2ccc(Br)s2)c(Br)c1. The average Bonchev–Trinajstić information content (AvgIpc) is 2.97. The Hall–Kier alpha value is -1.38.